The maximum atomic E-state index is 12.8. The summed E-state index contributed by atoms with van der Waals surface area (Å²) >= 11 is 0. The SMILES string of the molecule is Cc1ccc(S(=O)(=O)N2CC[C@@H](O)C[C@@H]2C2CC2)cc1. The zero-order valence-electron chi connectivity index (χ0n) is 11.7. The van der Waals surface area contributed by atoms with Gasteiger partial charge in [0, 0.05) is 12.6 Å². The normalized spacial score (nSPS) is 28.5. The van der Waals surface area contributed by atoms with E-state index in [0.29, 0.717) is 30.2 Å². The van der Waals surface area contributed by atoms with Crippen LogP contribution in [-0.2, 0) is 10.0 Å². The second-order valence-electron chi connectivity index (χ2n) is 6.01. The lowest BCUT2D eigenvalue weighted by Gasteiger charge is -2.37. The summed E-state index contributed by atoms with van der Waals surface area (Å²) in [6.45, 7) is 2.37. The van der Waals surface area contributed by atoms with Crippen molar-refractivity contribution in [1.82, 2.24) is 4.31 Å². The van der Waals surface area contributed by atoms with E-state index in [9.17, 15) is 13.5 Å². The first-order valence-electron chi connectivity index (χ1n) is 7.25. The monoisotopic (exact) mass is 295 g/mol. The number of sulfonamides is 1. The molecule has 3 rings (SSSR count). The Morgan fingerprint density at radius 2 is 1.80 bits per heavy atom. The first-order chi connectivity index (χ1) is 9.48. The third kappa shape index (κ3) is 2.62. The van der Waals surface area contributed by atoms with Crippen LogP contribution in [-0.4, -0.2) is 36.5 Å². The van der Waals surface area contributed by atoms with Crippen molar-refractivity contribution in [3.63, 3.8) is 0 Å². The summed E-state index contributed by atoms with van der Waals surface area (Å²) < 4.78 is 27.2. The molecule has 1 aliphatic carbocycles. The average molecular weight is 295 g/mol. The molecule has 0 spiro atoms. The molecule has 1 N–H and O–H groups in total. The van der Waals surface area contributed by atoms with Crippen LogP contribution in [0.4, 0.5) is 0 Å². The lowest BCUT2D eigenvalue weighted by molar-refractivity contribution is 0.0736. The van der Waals surface area contributed by atoms with E-state index in [2.05, 4.69) is 0 Å². The van der Waals surface area contributed by atoms with E-state index in [-0.39, 0.29) is 12.1 Å². The molecule has 1 saturated heterocycles. The fourth-order valence-electron chi connectivity index (χ4n) is 3.01. The predicted molar refractivity (Wildman–Crippen MR) is 76.8 cm³/mol. The Labute approximate surface area is 120 Å². The van der Waals surface area contributed by atoms with Crippen LogP contribution in [0, 0.1) is 12.8 Å². The molecule has 1 aliphatic heterocycles. The number of hydrogen-bond donors (Lipinski definition) is 1. The van der Waals surface area contributed by atoms with Crippen molar-refractivity contribution in [3.8, 4) is 0 Å². The Balaban J connectivity index is 1.90. The molecule has 1 saturated carbocycles. The summed E-state index contributed by atoms with van der Waals surface area (Å²) in [5.74, 6) is 0.435. The van der Waals surface area contributed by atoms with Crippen LogP contribution in [0.3, 0.4) is 0 Å². The van der Waals surface area contributed by atoms with E-state index >= 15 is 0 Å². The largest absolute Gasteiger partial charge is 0.393 e. The van der Waals surface area contributed by atoms with Gasteiger partial charge >= 0.3 is 0 Å². The van der Waals surface area contributed by atoms with Crippen molar-refractivity contribution in [3.05, 3.63) is 29.8 Å². The minimum absolute atomic E-state index is 0.0231. The highest BCUT2D eigenvalue weighted by atomic mass is 32.2. The van der Waals surface area contributed by atoms with Crippen molar-refractivity contribution >= 4 is 10.0 Å². The van der Waals surface area contributed by atoms with Gasteiger partial charge in [-0.3, -0.25) is 0 Å². The van der Waals surface area contributed by atoms with Gasteiger partial charge in [0.1, 0.15) is 0 Å². The second kappa shape index (κ2) is 5.13. The fourth-order valence-corrected chi connectivity index (χ4v) is 4.72. The molecular formula is C15H21NO3S. The first kappa shape index (κ1) is 14.0. The highest BCUT2D eigenvalue weighted by Crippen LogP contribution is 2.41. The molecule has 1 heterocycles. The maximum Gasteiger partial charge on any atom is 0.243 e. The fraction of sp³-hybridized carbons (Fsp3) is 0.600. The van der Waals surface area contributed by atoms with E-state index in [1.165, 1.54) is 0 Å². The lowest BCUT2D eigenvalue weighted by atomic mass is 9.98. The molecule has 1 aromatic carbocycles. The van der Waals surface area contributed by atoms with Gasteiger partial charge in [0.25, 0.3) is 0 Å². The maximum absolute atomic E-state index is 12.8. The van der Waals surface area contributed by atoms with Crippen LogP contribution in [0.5, 0.6) is 0 Å². The molecule has 4 nitrogen and oxygen atoms in total. The van der Waals surface area contributed by atoms with Crippen LogP contribution in [0.2, 0.25) is 0 Å². The van der Waals surface area contributed by atoms with Gasteiger partial charge in [0.2, 0.25) is 10.0 Å². The number of piperidine rings is 1. The number of hydrogen-bond acceptors (Lipinski definition) is 3. The molecule has 0 aromatic heterocycles. The Kier molecular flexibility index (Phi) is 3.60. The Morgan fingerprint density at radius 3 is 2.40 bits per heavy atom. The number of aliphatic hydroxyl groups is 1. The van der Waals surface area contributed by atoms with Crippen molar-refractivity contribution in [2.75, 3.05) is 6.54 Å². The van der Waals surface area contributed by atoms with E-state index in [1.54, 1.807) is 16.4 Å². The number of nitrogens with zero attached hydrogens (tertiary/aromatic N) is 1. The molecule has 110 valence electrons. The van der Waals surface area contributed by atoms with Crippen LogP contribution in [0.15, 0.2) is 29.2 Å². The molecule has 0 unspecified atom stereocenters. The smallest absolute Gasteiger partial charge is 0.243 e. The zero-order chi connectivity index (χ0) is 14.3. The van der Waals surface area contributed by atoms with Crippen molar-refractivity contribution in [2.24, 2.45) is 5.92 Å². The Bertz CT molecular complexity index is 578. The van der Waals surface area contributed by atoms with Crippen molar-refractivity contribution in [2.45, 2.75) is 49.6 Å². The van der Waals surface area contributed by atoms with Crippen LogP contribution in [0.1, 0.15) is 31.2 Å². The third-order valence-corrected chi connectivity index (χ3v) is 6.30. The topological polar surface area (TPSA) is 57.6 Å². The van der Waals surface area contributed by atoms with Gasteiger partial charge < -0.3 is 5.11 Å². The van der Waals surface area contributed by atoms with Gasteiger partial charge in [-0.2, -0.15) is 4.31 Å². The second-order valence-corrected chi connectivity index (χ2v) is 7.90. The molecule has 0 bridgehead atoms. The van der Waals surface area contributed by atoms with E-state index in [1.807, 2.05) is 19.1 Å². The molecule has 2 aliphatic rings. The van der Waals surface area contributed by atoms with Crippen molar-refractivity contribution < 1.29 is 13.5 Å². The molecule has 0 radical (unpaired) electrons. The van der Waals surface area contributed by atoms with E-state index in [0.717, 1.165) is 18.4 Å². The lowest BCUT2D eigenvalue weighted by Crippen LogP contribution is -2.48. The summed E-state index contributed by atoms with van der Waals surface area (Å²) in [7, 11) is -3.43. The number of rotatable bonds is 3. The first-order valence-corrected chi connectivity index (χ1v) is 8.69. The standard InChI is InChI=1S/C15H21NO3S/c1-11-2-6-14(7-3-11)20(18,19)16-9-8-13(17)10-15(16)12-4-5-12/h2-3,6-7,12-13,15,17H,4-5,8-10H2,1H3/t13-,15-/m1/s1. The number of aliphatic hydroxyl groups excluding tert-OH is 1. The highest BCUT2D eigenvalue weighted by Gasteiger charge is 2.44. The van der Waals surface area contributed by atoms with Gasteiger partial charge in [-0.1, -0.05) is 17.7 Å². The minimum atomic E-state index is -3.43. The van der Waals surface area contributed by atoms with E-state index in [4.69, 9.17) is 0 Å². The Morgan fingerprint density at radius 1 is 1.15 bits per heavy atom. The van der Waals surface area contributed by atoms with Gasteiger partial charge in [-0.05, 0) is 50.7 Å². The van der Waals surface area contributed by atoms with Crippen LogP contribution >= 0.6 is 0 Å². The predicted octanol–water partition coefficient (Wildman–Crippen LogP) is 1.92. The zero-order valence-corrected chi connectivity index (χ0v) is 12.5. The summed E-state index contributed by atoms with van der Waals surface area (Å²) in [6.07, 6.45) is 2.92. The minimum Gasteiger partial charge on any atom is -0.393 e. The van der Waals surface area contributed by atoms with Crippen LogP contribution < -0.4 is 0 Å². The number of benzene rings is 1. The average Bonchev–Trinajstić information content (AvgIpc) is 3.23. The molecule has 20 heavy (non-hydrogen) atoms. The van der Waals surface area contributed by atoms with Gasteiger partial charge in [-0.25, -0.2) is 8.42 Å². The van der Waals surface area contributed by atoms with Gasteiger partial charge in [0.15, 0.2) is 0 Å². The summed E-state index contributed by atoms with van der Waals surface area (Å²) in [4.78, 5) is 0.366. The molecule has 0 amide bonds. The quantitative estimate of drug-likeness (QED) is 0.927. The van der Waals surface area contributed by atoms with Crippen LogP contribution in [0.25, 0.3) is 0 Å². The molecule has 1 aromatic rings. The summed E-state index contributed by atoms with van der Waals surface area (Å²) in [6, 6.07) is 7.00. The molecule has 2 fully saturated rings. The summed E-state index contributed by atoms with van der Waals surface area (Å²) in [5, 5.41) is 9.83. The van der Waals surface area contributed by atoms with E-state index < -0.39 is 10.0 Å². The third-order valence-electron chi connectivity index (χ3n) is 4.36. The molecule has 2 atom stereocenters. The van der Waals surface area contributed by atoms with Crippen molar-refractivity contribution in [1.29, 1.82) is 0 Å². The highest BCUT2D eigenvalue weighted by molar-refractivity contribution is 7.89. The van der Waals surface area contributed by atoms with Gasteiger partial charge in [0.05, 0.1) is 11.0 Å². The summed E-state index contributed by atoms with van der Waals surface area (Å²) in [5.41, 5.74) is 1.05. The number of aryl methyl sites for hydroxylation is 1. The Hall–Kier alpha value is -0.910. The molecular weight excluding hydrogens is 274 g/mol. The van der Waals surface area contributed by atoms with Gasteiger partial charge in [-0.15, -0.1) is 0 Å². The molecule has 5 heteroatoms.